The van der Waals surface area contributed by atoms with E-state index in [2.05, 4.69) is 5.32 Å². The van der Waals surface area contributed by atoms with Gasteiger partial charge in [-0.15, -0.1) is 0 Å². The van der Waals surface area contributed by atoms with Crippen molar-refractivity contribution < 1.29 is 8.78 Å². The first-order chi connectivity index (χ1) is 8.70. The molecule has 0 bridgehead atoms. The Hall–Kier alpha value is -1.39. The van der Waals surface area contributed by atoms with Crippen LogP contribution in [0.3, 0.4) is 0 Å². The van der Waals surface area contributed by atoms with Crippen molar-refractivity contribution in [2.45, 2.75) is 16.3 Å². The molecular weight excluding hydrogens is 252 g/mol. The van der Waals surface area contributed by atoms with Gasteiger partial charge in [-0.2, -0.15) is 0 Å². The summed E-state index contributed by atoms with van der Waals surface area (Å²) in [6.45, 7) is 0.449. The molecule has 0 spiro atoms. The van der Waals surface area contributed by atoms with Crippen molar-refractivity contribution in [1.82, 2.24) is 5.32 Å². The fourth-order valence-corrected chi connectivity index (χ4v) is 2.65. The zero-order valence-corrected chi connectivity index (χ0v) is 10.7. The van der Waals surface area contributed by atoms with Gasteiger partial charge in [0.15, 0.2) is 0 Å². The quantitative estimate of drug-likeness (QED) is 0.901. The predicted octanol–water partition coefficient (Wildman–Crippen LogP) is 3.84. The standard InChI is InChI=1S/C14H13F2NS/c1-17-9-12-13(16)6-3-7-14(12)18-11-5-2-4-10(15)8-11/h2-8,17H,9H2,1H3. The second kappa shape index (κ2) is 5.98. The highest BCUT2D eigenvalue weighted by Gasteiger charge is 2.09. The molecule has 0 radical (unpaired) electrons. The van der Waals surface area contributed by atoms with Crippen molar-refractivity contribution in [1.29, 1.82) is 0 Å². The Labute approximate surface area is 109 Å². The highest BCUT2D eigenvalue weighted by atomic mass is 32.2. The van der Waals surface area contributed by atoms with Crippen molar-refractivity contribution in [3.63, 3.8) is 0 Å². The lowest BCUT2D eigenvalue weighted by molar-refractivity contribution is 0.594. The number of benzene rings is 2. The summed E-state index contributed by atoms with van der Waals surface area (Å²) < 4.78 is 26.8. The second-order valence-electron chi connectivity index (χ2n) is 3.81. The van der Waals surface area contributed by atoms with Gasteiger partial charge >= 0.3 is 0 Å². The maximum Gasteiger partial charge on any atom is 0.128 e. The van der Waals surface area contributed by atoms with Gasteiger partial charge in [0.05, 0.1) is 0 Å². The summed E-state index contributed by atoms with van der Waals surface area (Å²) in [4.78, 5) is 1.56. The molecule has 0 fully saturated rings. The van der Waals surface area contributed by atoms with Crippen molar-refractivity contribution >= 4 is 11.8 Å². The van der Waals surface area contributed by atoms with E-state index in [4.69, 9.17) is 0 Å². The van der Waals surface area contributed by atoms with Crippen molar-refractivity contribution in [3.05, 3.63) is 59.7 Å². The van der Waals surface area contributed by atoms with Gasteiger partial charge in [0.25, 0.3) is 0 Å². The van der Waals surface area contributed by atoms with Crippen LogP contribution in [0.15, 0.2) is 52.3 Å². The number of hydrogen-bond acceptors (Lipinski definition) is 2. The number of halogens is 2. The molecule has 0 saturated carbocycles. The van der Waals surface area contributed by atoms with Crippen LogP contribution in [-0.2, 0) is 6.54 Å². The Balaban J connectivity index is 2.31. The Morgan fingerprint density at radius 3 is 2.61 bits per heavy atom. The van der Waals surface area contributed by atoms with E-state index in [0.717, 1.165) is 9.79 Å². The molecule has 0 aliphatic heterocycles. The van der Waals surface area contributed by atoms with Crippen LogP contribution in [0.2, 0.25) is 0 Å². The molecule has 0 aliphatic carbocycles. The minimum Gasteiger partial charge on any atom is -0.316 e. The van der Waals surface area contributed by atoms with Gasteiger partial charge in [0.2, 0.25) is 0 Å². The van der Waals surface area contributed by atoms with Gasteiger partial charge in [-0.25, -0.2) is 8.78 Å². The van der Waals surface area contributed by atoms with Crippen LogP contribution >= 0.6 is 11.8 Å². The van der Waals surface area contributed by atoms with Crippen LogP contribution in [0.25, 0.3) is 0 Å². The van der Waals surface area contributed by atoms with Crippen LogP contribution in [0.5, 0.6) is 0 Å². The summed E-state index contributed by atoms with van der Waals surface area (Å²) in [6.07, 6.45) is 0. The molecule has 2 rings (SSSR count). The fraction of sp³-hybridized carbons (Fsp3) is 0.143. The second-order valence-corrected chi connectivity index (χ2v) is 4.92. The third kappa shape index (κ3) is 3.09. The lowest BCUT2D eigenvalue weighted by Crippen LogP contribution is -2.08. The van der Waals surface area contributed by atoms with Crippen molar-refractivity contribution in [2.75, 3.05) is 7.05 Å². The maximum atomic E-state index is 13.7. The summed E-state index contributed by atoms with van der Waals surface area (Å²) >= 11 is 1.36. The molecule has 1 nitrogen and oxygen atoms in total. The molecule has 0 aromatic heterocycles. The van der Waals surface area contributed by atoms with E-state index in [9.17, 15) is 8.78 Å². The van der Waals surface area contributed by atoms with Crippen molar-refractivity contribution in [3.8, 4) is 0 Å². The van der Waals surface area contributed by atoms with Gasteiger partial charge in [0, 0.05) is 21.9 Å². The molecule has 0 heterocycles. The van der Waals surface area contributed by atoms with E-state index >= 15 is 0 Å². The highest BCUT2D eigenvalue weighted by molar-refractivity contribution is 7.99. The Bertz CT molecular complexity index is 543. The molecule has 18 heavy (non-hydrogen) atoms. The summed E-state index contributed by atoms with van der Waals surface area (Å²) in [5.74, 6) is -0.530. The number of hydrogen-bond donors (Lipinski definition) is 1. The van der Waals surface area contributed by atoms with Gasteiger partial charge in [-0.3, -0.25) is 0 Å². The monoisotopic (exact) mass is 265 g/mol. The van der Waals surface area contributed by atoms with Crippen LogP contribution in [0, 0.1) is 11.6 Å². The molecule has 0 saturated heterocycles. The molecule has 1 N–H and O–H groups in total. The first-order valence-corrected chi connectivity index (χ1v) is 6.38. The molecule has 4 heteroatoms. The van der Waals surface area contributed by atoms with Crippen molar-refractivity contribution in [2.24, 2.45) is 0 Å². The number of rotatable bonds is 4. The normalized spacial score (nSPS) is 10.6. The smallest absolute Gasteiger partial charge is 0.128 e. The maximum absolute atomic E-state index is 13.7. The zero-order chi connectivity index (χ0) is 13.0. The van der Waals surface area contributed by atoms with E-state index < -0.39 is 0 Å². The van der Waals surface area contributed by atoms with Crippen LogP contribution in [0.4, 0.5) is 8.78 Å². The molecule has 0 unspecified atom stereocenters. The Morgan fingerprint density at radius 2 is 1.89 bits per heavy atom. The van der Waals surface area contributed by atoms with Crippen LogP contribution < -0.4 is 5.32 Å². The Kier molecular flexibility index (Phi) is 4.33. The summed E-state index contributed by atoms with van der Waals surface area (Å²) in [5, 5.41) is 2.93. The van der Waals surface area contributed by atoms with E-state index in [1.165, 1.54) is 30.0 Å². The van der Waals surface area contributed by atoms with Crippen LogP contribution in [-0.4, -0.2) is 7.05 Å². The average Bonchev–Trinajstić information content (AvgIpc) is 2.34. The van der Waals surface area contributed by atoms with Gasteiger partial charge in [-0.05, 0) is 37.4 Å². The lowest BCUT2D eigenvalue weighted by atomic mass is 10.2. The molecular formula is C14H13F2NS. The molecule has 94 valence electrons. The molecule has 0 aliphatic rings. The van der Waals surface area contributed by atoms with Crippen LogP contribution in [0.1, 0.15) is 5.56 Å². The fourth-order valence-electron chi connectivity index (χ4n) is 1.64. The highest BCUT2D eigenvalue weighted by Crippen LogP contribution is 2.31. The summed E-state index contributed by atoms with van der Waals surface area (Å²) in [6, 6.07) is 11.2. The minimum absolute atomic E-state index is 0.245. The molecule has 2 aromatic rings. The van der Waals surface area contributed by atoms with Gasteiger partial charge in [0.1, 0.15) is 11.6 Å². The molecule has 0 atom stereocenters. The Morgan fingerprint density at radius 1 is 1.11 bits per heavy atom. The topological polar surface area (TPSA) is 12.0 Å². The number of nitrogens with one attached hydrogen (secondary N) is 1. The zero-order valence-electron chi connectivity index (χ0n) is 9.91. The average molecular weight is 265 g/mol. The predicted molar refractivity (Wildman–Crippen MR) is 69.7 cm³/mol. The van der Waals surface area contributed by atoms with E-state index in [-0.39, 0.29) is 11.6 Å². The summed E-state index contributed by atoms with van der Waals surface area (Å²) in [5.41, 5.74) is 0.606. The third-order valence-corrected chi connectivity index (χ3v) is 3.55. The summed E-state index contributed by atoms with van der Waals surface area (Å²) in [7, 11) is 1.77. The SMILES string of the molecule is CNCc1c(F)cccc1Sc1cccc(F)c1. The minimum atomic E-state index is -0.286. The van der Waals surface area contributed by atoms with Gasteiger partial charge < -0.3 is 5.32 Å². The largest absolute Gasteiger partial charge is 0.316 e. The first kappa shape index (κ1) is 13.1. The molecule has 0 amide bonds. The van der Waals surface area contributed by atoms with E-state index in [0.29, 0.717) is 12.1 Å². The molecule has 2 aromatic carbocycles. The van der Waals surface area contributed by atoms with Gasteiger partial charge in [-0.1, -0.05) is 23.9 Å². The third-order valence-electron chi connectivity index (χ3n) is 2.45. The van der Waals surface area contributed by atoms with E-state index in [1.54, 1.807) is 19.2 Å². The van der Waals surface area contributed by atoms with E-state index in [1.807, 2.05) is 12.1 Å². The first-order valence-electron chi connectivity index (χ1n) is 5.56. The lowest BCUT2D eigenvalue weighted by Gasteiger charge is -2.09.